The third-order valence-electron chi connectivity index (χ3n) is 4.29. The van der Waals surface area contributed by atoms with Crippen LogP contribution >= 0.6 is 27.7 Å². The van der Waals surface area contributed by atoms with Crippen LogP contribution in [0.1, 0.15) is 23.6 Å². The van der Waals surface area contributed by atoms with E-state index in [0.29, 0.717) is 12.3 Å². The minimum atomic E-state index is -0.522. The first-order valence-corrected chi connectivity index (χ1v) is 10.7. The van der Waals surface area contributed by atoms with Gasteiger partial charge in [-0.05, 0) is 37.1 Å². The largest absolute Gasteiger partial charge is 0.357 e. The topological polar surface area (TPSA) is 49.4 Å². The lowest BCUT2D eigenvalue weighted by molar-refractivity contribution is -0.138. The van der Waals surface area contributed by atoms with Gasteiger partial charge >= 0.3 is 0 Å². The molecular formula is C21H25BrN2O2S. The Morgan fingerprint density at radius 1 is 1.07 bits per heavy atom. The summed E-state index contributed by atoms with van der Waals surface area (Å²) in [5.41, 5.74) is 3.41. The van der Waals surface area contributed by atoms with Crippen molar-refractivity contribution >= 4 is 39.5 Å². The minimum absolute atomic E-state index is 0.0360. The molecule has 0 bridgehead atoms. The number of carbonyl (C=O) groups excluding carboxylic acids is 2. The summed E-state index contributed by atoms with van der Waals surface area (Å²) in [6, 6.07) is 15.6. The Hall–Kier alpha value is -1.79. The quantitative estimate of drug-likeness (QED) is 0.659. The number of carbonyl (C=O) groups is 2. The van der Waals surface area contributed by atoms with Crippen LogP contribution < -0.4 is 5.32 Å². The molecule has 0 fully saturated rings. The van der Waals surface area contributed by atoms with Crippen LogP contribution in [0.5, 0.6) is 0 Å². The number of halogens is 1. The highest BCUT2D eigenvalue weighted by atomic mass is 79.9. The van der Waals surface area contributed by atoms with Crippen molar-refractivity contribution < 1.29 is 9.59 Å². The fourth-order valence-corrected chi connectivity index (χ4v) is 3.74. The molecule has 0 aliphatic carbocycles. The molecule has 4 nitrogen and oxygen atoms in total. The van der Waals surface area contributed by atoms with E-state index in [0.717, 1.165) is 15.8 Å². The van der Waals surface area contributed by atoms with E-state index in [1.807, 2.05) is 24.3 Å². The fourth-order valence-electron chi connectivity index (χ4n) is 2.60. The average molecular weight is 449 g/mol. The predicted octanol–water partition coefficient (Wildman–Crippen LogP) is 4.15. The number of nitrogens with one attached hydrogen (secondary N) is 1. The van der Waals surface area contributed by atoms with Crippen molar-refractivity contribution in [2.24, 2.45) is 0 Å². The van der Waals surface area contributed by atoms with Gasteiger partial charge in [0, 0.05) is 23.8 Å². The number of benzene rings is 2. The van der Waals surface area contributed by atoms with Crippen molar-refractivity contribution in [3.63, 3.8) is 0 Å². The third kappa shape index (κ3) is 6.70. The van der Waals surface area contributed by atoms with Crippen molar-refractivity contribution in [1.82, 2.24) is 10.2 Å². The Kier molecular flexibility index (Phi) is 8.38. The summed E-state index contributed by atoms with van der Waals surface area (Å²) in [4.78, 5) is 26.6. The van der Waals surface area contributed by atoms with Gasteiger partial charge in [-0.1, -0.05) is 57.9 Å². The smallest absolute Gasteiger partial charge is 0.242 e. The van der Waals surface area contributed by atoms with Crippen LogP contribution in [-0.4, -0.2) is 35.6 Å². The predicted molar refractivity (Wildman–Crippen MR) is 116 cm³/mol. The van der Waals surface area contributed by atoms with Gasteiger partial charge in [-0.15, -0.1) is 11.8 Å². The van der Waals surface area contributed by atoms with Gasteiger partial charge in [0.1, 0.15) is 6.04 Å². The molecular weight excluding hydrogens is 424 g/mol. The molecule has 2 rings (SSSR count). The highest BCUT2D eigenvalue weighted by molar-refractivity contribution is 9.10. The van der Waals surface area contributed by atoms with Crippen LogP contribution in [0, 0.1) is 6.92 Å². The summed E-state index contributed by atoms with van der Waals surface area (Å²) in [6.45, 7) is 4.23. The molecule has 144 valence electrons. The zero-order valence-electron chi connectivity index (χ0n) is 15.9. The molecule has 27 heavy (non-hydrogen) atoms. The molecule has 1 atom stereocenters. The molecule has 0 aliphatic heterocycles. The van der Waals surface area contributed by atoms with Gasteiger partial charge in [0.25, 0.3) is 0 Å². The Morgan fingerprint density at radius 3 is 2.26 bits per heavy atom. The van der Waals surface area contributed by atoms with E-state index in [4.69, 9.17) is 0 Å². The molecule has 2 amide bonds. The molecule has 0 spiro atoms. The van der Waals surface area contributed by atoms with Gasteiger partial charge in [0.2, 0.25) is 11.8 Å². The number of hydrogen-bond acceptors (Lipinski definition) is 3. The highest BCUT2D eigenvalue weighted by Gasteiger charge is 2.25. The van der Waals surface area contributed by atoms with E-state index >= 15 is 0 Å². The first kappa shape index (κ1) is 21.5. The SMILES string of the molecule is CNC(=O)[C@H](C)N(Cc1ccc(Br)cc1)C(=O)CSCc1ccc(C)cc1. The molecule has 0 heterocycles. The van der Waals surface area contributed by atoms with Crippen molar-refractivity contribution in [2.45, 2.75) is 32.2 Å². The molecule has 6 heteroatoms. The van der Waals surface area contributed by atoms with Gasteiger partial charge in [-0.25, -0.2) is 0 Å². The van der Waals surface area contributed by atoms with Gasteiger partial charge in [-0.3, -0.25) is 9.59 Å². The monoisotopic (exact) mass is 448 g/mol. The zero-order chi connectivity index (χ0) is 19.8. The van der Waals surface area contributed by atoms with E-state index in [1.54, 1.807) is 30.6 Å². The fraction of sp³-hybridized carbons (Fsp3) is 0.333. The molecule has 0 aromatic heterocycles. The van der Waals surface area contributed by atoms with Crippen molar-refractivity contribution in [3.8, 4) is 0 Å². The van der Waals surface area contributed by atoms with E-state index in [9.17, 15) is 9.59 Å². The number of nitrogens with zero attached hydrogens (tertiary/aromatic N) is 1. The summed E-state index contributed by atoms with van der Waals surface area (Å²) in [5.74, 6) is 0.910. The Balaban J connectivity index is 2.02. The van der Waals surface area contributed by atoms with E-state index in [1.165, 1.54) is 11.1 Å². The summed E-state index contributed by atoms with van der Waals surface area (Å²) in [7, 11) is 1.59. The van der Waals surface area contributed by atoms with Crippen LogP contribution in [0.4, 0.5) is 0 Å². The Labute approximate surface area is 173 Å². The maximum Gasteiger partial charge on any atom is 0.242 e. The molecule has 2 aromatic carbocycles. The molecule has 2 aromatic rings. The summed E-state index contributed by atoms with van der Waals surface area (Å²) >= 11 is 4.98. The Morgan fingerprint density at radius 2 is 1.67 bits per heavy atom. The van der Waals surface area contributed by atoms with E-state index in [-0.39, 0.29) is 11.8 Å². The standard InChI is InChI=1S/C21H25BrN2O2S/c1-15-4-6-18(7-5-15)13-27-14-20(25)24(16(2)21(26)23-3)12-17-8-10-19(22)11-9-17/h4-11,16H,12-14H2,1-3H3,(H,23,26)/t16-/m0/s1. The van der Waals surface area contributed by atoms with E-state index < -0.39 is 6.04 Å². The number of hydrogen-bond donors (Lipinski definition) is 1. The number of aryl methyl sites for hydroxylation is 1. The molecule has 0 radical (unpaired) electrons. The van der Waals surface area contributed by atoms with Crippen LogP contribution in [0.3, 0.4) is 0 Å². The molecule has 0 unspecified atom stereocenters. The van der Waals surface area contributed by atoms with Gasteiger partial charge in [0.15, 0.2) is 0 Å². The van der Waals surface area contributed by atoms with Crippen molar-refractivity contribution in [2.75, 3.05) is 12.8 Å². The summed E-state index contributed by atoms with van der Waals surface area (Å²) < 4.78 is 0.983. The highest BCUT2D eigenvalue weighted by Crippen LogP contribution is 2.17. The normalized spacial score (nSPS) is 11.7. The summed E-state index contributed by atoms with van der Waals surface area (Å²) in [5, 5.41) is 2.64. The van der Waals surface area contributed by atoms with Crippen LogP contribution in [0.25, 0.3) is 0 Å². The third-order valence-corrected chi connectivity index (χ3v) is 5.81. The number of likely N-dealkylation sites (N-methyl/N-ethyl adjacent to an activating group) is 1. The van der Waals surface area contributed by atoms with E-state index in [2.05, 4.69) is 52.4 Å². The molecule has 0 aliphatic rings. The first-order chi connectivity index (χ1) is 12.9. The van der Waals surface area contributed by atoms with Crippen molar-refractivity contribution in [3.05, 3.63) is 69.7 Å². The lowest BCUT2D eigenvalue weighted by Gasteiger charge is -2.28. The van der Waals surface area contributed by atoms with Crippen LogP contribution in [0.2, 0.25) is 0 Å². The van der Waals surface area contributed by atoms with Crippen LogP contribution in [0.15, 0.2) is 53.0 Å². The second-order valence-electron chi connectivity index (χ2n) is 6.42. The lowest BCUT2D eigenvalue weighted by Crippen LogP contribution is -2.47. The second-order valence-corrected chi connectivity index (χ2v) is 8.32. The lowest BCUT2D eigenvalue weighted by atomic mass is 10.1. The van der Waals surface area contributed by atoms with Gasteiger partial charge in [0.05, 0.1) is 5.75 Å². The molecule has 0 saturated carbocycles. The zero-order valence-corrected chi connectivity index (χ0v) is 18.3. The number of thioether (sulfide) groups is 1. The first-order valence-electron chi connectivity index (χ1n) is 8.79. The van der Waals surface area contributed by atoms with Gasteiger partial charge < -0.3 is 10.2 Å². The second kappa shape index (κ2) is 10.5. The molecule has 1 N–H and O–H groups in total. The van der Waals surface area contributed by atoms with Crippen LogP contribution in [-0.2, 0) is 21.9 Å². The molecule has 0 saturated heterocycles. The maximum atomic E-state index is 12.8. The average Bonchev–Trinajstić information content (AvgIpc) is 2.67. The van der Waals surface area contributed by atoms with Crippen molar-refractivity contribution in [1.29, 1.82) is 0 Å². The maximum absolute atomic E-state index is 12.8. The summed E-state index contributed by atoms with van der Waals surface area (Å²) in [6.07, 6.45) is 0. The van der Waals surface area contributed by atoms with Gasteiger partial charge in [-0.2, -0.15) is 0 Å². The number of amides is 2. The Bertz CT molecular complexity index is 763. The minimum Gasteiger partial charge on any atom is -0.357 e. The number of rotatable bonds is 8.